The van der Waals surface area contributed by atoms with Crippen LogP contribution in [0.25, 0.3) is 0 Å². The van der Waals surface area contributed by atoms with E-state index in [1.165, 1.54) is 32.8 Å². The number of rotatable bonds is 15. The van der Waals surface area contributed by atoms with E-state index in [0.29, 0.717) is 18.0 Å². The Hall–Kier alpha value is -6.44. The van der Waals surface area contributed by atoms with Crippen molar-refractivity contribution in [2.45, 2.75) is 58.7 Å². The molecule has 0 saturated carbocycles. The molecule has 6 aromatic rings. The Balaban J connectivity index is 0.000000452. The maximum absolute atomic E-state index is 12.1. The summed E-state index contributed by atoms with van der Waals surface area (Å²) in [5.74, 6) is -2.59. The van der Waals surface area contributed by atoms with Crippen molar-refractivity contribution in [1.82, 2.24) is 28.7 Å². The molecule has 3 N–H and O–H groups in total. The first-order chi connectivity index (χ1) is 30.4. The summed E-state index contributed by atoms with van der Waals surface area (Å²) < 4.78 is 24.0. The predicted molar refractivity (Wildman–Crippen MR) is 233 cm³/mol. The minimum atomic E-state index is -0.958. The Bertz CT molecular complexity index is 2300. The zero-order valence-corrected chi connectivity index (χ0v) is 39.6. The van der Waals surface area contributed by atoms with Crippen molar-refractivity contribution < 1.29 is 88.2 Å². The summed E-state index contributed by atoms with van der Waals surface area (Å²) in [7, 11) is 2.58. The number of carboxylic acid groups (broad SMARTS) is 1. The fraction of sp³-hybridized carbons (Fsp3) is 0.304. The molecule has 0 aliphatic rings. The summed E-state index contributed by atoms with van der Waals surface area (Å²) in [6.45, 7) is 7.96. The Kier molecular flexibility index (Phi) is 26.6. The molecule has 18 nitrogen and oxygen atoms in total. The normalized spacial score (nSPS) is 11.2. The summed E-state index contributed by atoms with van der Waals surface area (Å²) in [5.41, 5.74) is 4.28. The number of hydrogen-bond acceptors (Lipinski definition) is 14. The van der Waals surface area contributed by atoms with Crippen LogP contribution in [0.4, 0.5) is 0 Å². The standard InChI is InChI=1S/C16H18N2O4.C14H16N2O2.C12H12N2O2.C4H8O3.Na.H2O/c1-12(13-6-4-3-5-7-13)18-11-17-10-14(18)16(20)22-9-8-15(19)21-2;1-3-18-14(17)13-9-15-10-16(13)11(2)12-7-5-4-6-8-12;1-9(10-5-3-2-4-6-10)14-8-13-7-11(14)12(15)16;1-7-4(6)2-3-5;;/h3-7,10-12H,8-9H2,1-2H3;4-11H,3H2,1-2H3;2-9H,1H3,(H,15,16);5H,2-3H2,1H3;;1H2/q;;;;+1;/p-1/t12-;11-;9-;;;/m111.../s1. The number of hydrogen-bond donors (Lipinski definition) is 2. The topological polar surface area (TPSA) is 246 Å². The number of carboxylic acids is 1. The van der Waals surface area contributed by atoms with Crippen LogP contribution < -0.4 is 29.6 Å². The molecule has 3 atom stereocenters. The Morgan fingerprint density at radius 2 is 0.908 bits per heavy atom. The van der Waals surface area contributed by atoms with Crippen LogP contribution >= 0.6 is 0 Å². The number of carbonyl (C=O) groups excluding carboxylic acids is 4. The molecule has 65 heavy (non-hydrogen) atoms. The first kappa shape index (κ1) is 56.6. The summed E-state index contributed by atoms with van der Waals surface area (Å²) in [5, 5.41) is 17.1. The van der Waals surface area contributed by atoms with Crippen LogP contribution in [0.15, 0.2) is 129 Å². The predicted octanol–water partition coefficient (Wildman–Crippen LogP) is 3.44. The van der Waals surface area contributed by atoms with E-state index in [0.717, 1.165) is 16.7 Å². The number of aliphatic hydroxyl groups is 1. The first-order valence-corrected chi connectivity index (χ1v) is 19.9. The molecule has 19 heteroatoms. The smallest absolute Gasteiger partial charge is 0.870 e. The van der Waals surface area contributed by atoms with Gasteiger partial charge in [0, 0.05) is 0 Å². The van der Waals surface area contributed by atoms with Crippen molar-refractivity contribution in [1.29, 1.82) is 0 Å². The van der Waals surface area contributed by atoms with Crippen LogP contribution in [-0.4, -0.2) is 108 Å². The summed E-state index contributed by atoms with van der Waals surface area (Å²) in [6.07, 6.45) is 9.28. The van der Waals surface area contributed by atoms with Crippen molar-refractivity contribution in [2.75, 3.05) is 34.0 Å². The third-order valence-electron chi connectivity index (χ3n) is 9.32. The van der Waals surface area contributed by atoms with Gasteiger partial charge in [0.25, 0.3) is 0 Å². The van der Waals surface area contributed by atoms with Gasteiger partial charge in [0.2, 0.25) is 0 Å². The van der Waals surface area contributed by atoms with E-state index in [1.807, 2.05) is 116 Å². The van der Waals surface area contributed by atoms with Gasteiger partial charge in [0.05, 0.1) is 96.0 Å². The molecule has 0 radical (unpaired) electrons. The van der Waals surface area contributed by atoms with Crippen LogP contribution in [0.2, 0.25) is 0 Å². The zero-order valence-electron chi connectivity index (χ0n) is 37.6. The second kappa shape index (κ2) is 30.6. The van der Waals surface area contributed by atoms with Gasteiger partial charge in [-0.2, -0.15) is 0 Å². The molecule has 0 spiro atoms. The molecule has 0 aliphatic carbocycles. The number of aromatic nitrogens is 6. The Labute approximate surface area is 399 Å². The molecule has 342 valence electrons. The van der Waals surface area contributed by atoms with Gasteiger partial charge >= 0.3 is 59.4 Å². The molecule has 0 aliphatic heterocycles. The molecule has 0 fully saturated rings. The zero-order chi connectivity index (χ0) is 46.1. The number of benzene rings is 3. The van der Waals surface area contributed by atoms with Crippen molar-refractivity contribution in [2.24, 2.45) is 0 Å². The van der Waals surface area contributed by atoms with Gasteiger partial charge < -0.3 is 48.3 Å². The van der Waals surface area contributed by atoms with Gasteiger partial charge in [-0.1, -0.05) is 91.0 Å². The van der Waals surface area contributed by atoms with Gasteiger partial charge in [-0.15, -0.1) is 0 Å². The average Bonchev–Trinajstić information content (AvgIpc) is 4.12. The van der Waals surface area contributed by atoms with E-state index in [4.69, 9.17) is 19.7 Å². The van der Waals surface area contributed by atoms with Crippen LogP contribution in [-0.2, 0) is 28.5 Å². The van der Waals surface area contributed by atoms with E-state index >= 15 is 0 Å². The molecular weight excluding hydrogens is 852 g/mol. The molecule has 3 heterocycles. The van der Waals surface area contributed by atoms with E-state index in [2.05, 4.69) is 24.4 Å². The molecule has 0 unspecified atom stereocenters. The number of ether oxygens (including phenoxy) is 4. The van der Waals surface area contributed by atoms with E-state index in [1.54, 1.807) is 35.0 Å². The van der Waals surface area contributed by atoms with Gasteiger partial charge in [-0.3, -0.25) is 9.59 Å². The van der Waals surface area contributed by atoms with Crippen LogP contribution in [0.5, 0.6) is 0 Å². The SMILES string of the molecule is CCOC(=O)c1cncn1[C@H](C)c1ccccc1.COC(=O)CCO.COC(=O)CCOC(=O)c1cncn1[C@H](C)c1ccccc1.C[C@H](c1ccccc1)n1cncc1C(=O)O.[Na+].[OH-]. The van der Waals surface area contributed by atoms with E-state index in [-0.39, 0.29) is 96.8 Å². The van der Waals surface area contributed by atoms with Crippen molar-refractivity contribution in [3.63, 3.8) is 0 Å². The number of aliphatic hydroxyl groups excluding tert-OH is 1. The van der Waals surface area contributed by atoms with E-state index < -0.39 is 17.9 Å². The number of aromatic carboxylic acids is 1. The Morgan fingerprint density at radius 3 is 1.23 bits per heavy atom. The van der Waals surface area contributed by atoms with Crippen molar-refractivity contribution in [3.05, 3.63) is 162 Å². The summed E-state index contributed by atoms with van der Waals surface area (Å²) >= 11 is 0. The first-order valence-electron chi connectivity index (χ1n) is 19.9. The molecule has 3 aromatic heterocycles. The average molecular weight is 907 g/mol. The molecule has 3 aromatic carbocycles. The second-order valence-electron chi connectivity index (χ2n) is 13.4. The van der Waals surface area contributed by atoms with Crippen LogP contribution in [0, 0.1) is 0 Å². The van der Waals surface area contributed by atoms with Crippen LogP contribution in [0.1, 0.15) is 107 Å². The summed E-state index contributed by atoms with van der Waals surface area (Å²) in [4.78, 5) is 67.8. The third-order valence-corrected chi connectivity index (χ3v) is 9.32. The van der Waals surface area contributed by atoms with Gasteiger partial charge in [0.1, 0.15) is 23.7 Å². The van der Waals surface area contributed by atoms with E-state index in [9.17, 15) is 24.0 Å². The minimum absolute atomic E-state index is 0. The van der Waals surface area contributed by atoms with Crippen LogP contribution in [0.3, 0.4) is 0 Å². The molecule has 0 saturated heterocycles. The number of carbonyl (C=O) groups is 5. The maximum atomic E-state index is 12.1. The van der Waals surface area contributed by atoms with Crippen molar-refractivity contribution in [3.8, 4) is 0 Å². The summed E-state index contributed by atoms with van der Waals surface area (Å²) in [6, 6.07) is 29.5. The second-order valence-corrected chi connectivity index (χ2v) is 13.4. The molecular formula is C46H55N6NaO12. The van der Waals surface area contributed by atoms with Crippen molar-refractivity contribution >= 4 is 29.8 Å². The number of esters is 4. The molecule has 6 rings (SSSR count). The quantitative estimate of drug-likeness (QED) is 0.0852. The fourth-order valence-corrected chi connectivity index (χ4v) is 5.80. The molecule has 0 bridgehead atoms. The van der Waals surface area contributed by atoms with Gasteiger partial charge in [-0.05, 0) is 44.4 Å². The molecule has 0 amide bonds. The maximum Gasteiger partial charge on any atom is 1.00 e. The van der Waals surface area contributed by atoms with Gasteiger partial charge in [-0.25, -0.2) is 29.3 Å². The fourth-order valence-electron chi connectivity index (χ4n) is 5.80. The monoisotopic (exact) mass is 906 g/mol. The minimum Gasteiger partial charge on any atom is -0.870 e. The van der Waals surface area contributed by atoms with Gasteiger partial charge in [0.15, 0.2) is 0 Å². The number of imidazole rings is 3. The largest absolute Gasteiger partial charge is 1.00 e. The Morgan fingerprint density at radius 1 is 0.569 bits per heavy atom. The third kappa shape index (κ3) is 17.9. The number of nitrogens with zero attached hydrogens (tertiary/aromatic N) is 6. The number of methoxy groups -OCH3 is 2.